The highest BCUT2D eigenvalue weighted by Crippen LogP contribution is 2.68. The summed E-state index contributed by atoms with van der Waals surface area (Å²) in [6, 6.07) is 4.44. The van der Waals surface area contributed by atoms with Crippen LogP contribution in [0.4, 0.5) is 0 Å². The van der Waals surface area contributed by atoms with Crippen molar-refractivity contribution in [2.75, 3.05) is 7.11 Å². The van der Waals surface area contributed by atoms with E-state index in [9.17, 15) is 0 Å². The second-order valence-electron chi connectivity index (χ2n) is 8.18. The van der Waals surface area contributed by atoms with Gasteiger partial charge < -0.3 is 9.47 Å². The molecule has 2 bridgehead atoms. The van der Waals surface area contributed by atoms with E-state index < -0.39 is 0 Å². The van der Waals surface area contributed by atoms with Crippen LogP contribution in [0, 0.1) is 11.8 Å². The van der Waals surface area contributed by atoms with Gasteiger partial charge in [0, 0.05) is 16.1 Å². The Morgan fingerprint density at radius 3 is 2.95 bits per heavy atom. The monoisotopic (exact) mass is 316 g/mol. The summed E-state index contributed by atoms with van der Waals surface area (Å²) < 4.78 is 12.3. The van der Waals surface area contributed by atoms with Gasteiger partial charge in [-0.1, -0.05) is 19.4 Å². The number of methoxy groups -OCH3 is 1. The first-order valence-corrected chi connectivity index (χ1v) is 9.31. The summed E-state index contributed by atoms with van der Waals surface area (Å²) in [7, 11) is 4.90. The zero-order valence-corrected chi connectivity index (χ0v) is 14.7. The number of hydrogen-bond donors (Lipinski definition) is 0. The lowest BCUT2D eigenvalue weighted by Crippen LogP contribution is -2.62. The van der Waals surface area contributed by atoms with Gasteiger partial charge in [0.1, 0.15) is 6.10 Å². The fraction of sp³-hybridized carbons (Fsp3) is 0.684. The van der Waals surface area contributed by atoms with Crippen LogP contribution in [-0.2, 0) is 11.8 Å². The quantitative estimate of drug-likeness (QED) is 0.726. The summed E-state index contributed by atoms with van der Waals surface area (Å²) in [6.45, 7) is 2.38. The molecule has 1 aromatic carbocycles. The lowest BCUT2D eigenvalue weighted by Gasteiger charge is -2.58. The Morgan fingerprint density at radius 1 is 1.27 bits per heavy atom. The van der Waals surface area contributed by atoms with E-state index in [0.717, 1.165) is 23.3 Å². The van der Waals surface area contributed by atoms with Crippen LogP contribution in [-0.4, -0.2) is 18.4 Å². The third-order valence-corrected chi connectivity index (χ3v) is 7.66. The van der Waals surface area contributed by atoms with Gasteiger partial charge in [0.2, 0.25) is 0 Å². The minimum absolute atomic E-state index is 0.178. The van der Waals surface area contributed by atoms with Crippen LogP contribution in [0.2, 0.25) is 0 Å². The van der Waals surface area contributed by atoms with E-state index in [0.29, 0.717) is 6.10 Å². The Kier molecular flexibility index (Phi) is 2.61. The maximum Gasteiger partial charge on any atom is 0.165 e. The molecule has 3 unspecified atom stereocenters. The van der Waals surface area contributed by atoms with Crippen LogP contribution >= 0.6 is 9.24 Å². The van der Waals surface area contributed by atoms with Gasteiger partial charge in [0.05, 0.1) is 7.11 Å². The summed E-state index contributed by atoms with van der Waals surface area (Å²) >= 11 is 0. The Hall–Kier alpha value is -0.750. The highest BCUT2D eigenvalue weighted by Gasteiger charge is 2.66. The molecule has 1 aromatic rings. The molecule has 1 aliphatic heterocycles. The molecule has 0 aromatic heterocycles. The summed E-state index contributed by atoms with van der Waals surface area (Å²) in [4.78, 5) is 0. The Morgan fingerprint density at radius 2 is 2.14 bits per heavy atom. The van der Waals surface area contributed by atoms with Crippen molar-refractivity contribution < 1.29 is 9.47 Å². The summed E-state index contributed by atoms with van der Waals surface area (Å²) in [5.41, 5.74) is 3.34. The van der Waals surface area contributed by atoms with E-state index in [-0.39, 0.29) is 10.6 Å². The third-order valence-electron chi connectivity index (χ3n) is 7.07. The molecule has 3 heteroatoms. The number of ether oxygens (including phenoxy) is 2. The molecule has 3 aliphatic carbocycles. The van der Waals surface area contributed by atoms with Gasteiger partial charge in [-0.15, -0.1) is 9.24 Å². The fourth-order valence-electron chi connectivity index (χ4n) is 6.36. The first kappa shape index (κ1) is 13.7. The largest absolute Gasteiger partial charge is 0.493 e. The molecule has 6 atom stereocenters. The van der Waals surface area contributed by atoms with Crippen molar-refractivity contribution in [3.8, 4) is 11.5 Å². The van der Waals surface area contributed by atoms with Gasteiger partial charge in [-0.2, -0.15) is 0 Å². The van der Waals surface area contributed by atoms with Crippen molar-refractivity contribution in [3.05, 3.63) is 23.3 Å². The van der Waals surface area contributed by atoms with E-state index in [4.69, 9.17) is 9.47 Å². The van der Waals surface area contributed by atoms with Gasteiger partial charge in [0.25, 0.3) is 0 Å². The summed E-state index contributed by atoms with van der Waals surface area (Å²) in [5, 5.41) is 0.178. The number of benzene rings is 1. The average Bonchev–Trinajstić information content (AvgIpc) is 2.83. The minimum atomic E-state index is 0.178. The van der Waals surface area contributed by atoms with Crippen LogP contribution in [0.25, 0.3) is 0 Å². The molecule has 1 spiro atoms. The van der Waals surface area contributed by atoms with Crippen molar-refractivity contribution in [1.29, 1.82) is 0 Å². The van der Waals surface area contributed by atoms with Crippen molar-refractivity contribution in [1.82, 2.24) is 0 Å². The predicted molar refractivity (Wildman–Crippen MR) is 91.0 cm³/mol. The van der Waals surface area contributed by atoms with Crippen LogP contribution < -0.4 is 9.47 Å². The molecule has 118 valence electrons. The van der Waals surface area contributed by atoms with Gasteiger partial charge in [-0.05, 0) is 55.6 Å². The molecule has 4 aliphatic rings. The van der Waals surface area contributed by atoms with Gasteiger partial charge >= 0.3 is 0 Å². The SMILES string of the molecule is COc1ccc2c3c1O[C@@H]1C(C)(P)CCC4[C@@H](CCC[C@]341)C2. The van der Waals surface area contributed by atoms with E-state index in [1.54, 1.807) is 12.7 Å². The normalized spacial score (nSPS) is 44.2. The predicted octanol–water partition coefficient (Wildman–Crippen LogP) is 4.09. The van der Waals surface area contributed by atoms with Gasteiger partial charge in [0.15, 0.2) is 11.5 Å². The molecule has 2 saturated carbocycles. The van der Waals surface area contributed by atoms with Crippen LogP contribution in [0.5, 0.6) is 11.5 Å². The Balaban J connectivity index is 1.82. The van der Waals surface area contributed by atoms with Gasteiger partial charge in [-0.3, -0.25) is 0 Å². The molecule has 2 nitrogen and oxygen atoms in total. The highest BCUT2D eigenvalue weighted by molar-refractivity contribution is 7.19. The fourth-order valence-corrected chi connectivity index (χ4v) is 6.89. The van der Waals surface area contributed by atoms with Crippen LogP contribution in [0.1, 0.15) is 50.2 Å². The average molecular weight is 316 g/mol. The molecule has 0 saturated heterocycles. The molecule has 0 amide bonds. The summed E-state index contributed by atoms with van der Waals surface area (Å²) in [5.74, 6) is 3.70. The molecule has 1 heterocycles. The first-order chi connectivity index (χ1) is 10.6. The molecular weight excluding hydrogens is 291 g/mol. The van der Waals surface area contributed by atoms with E-state index in [1.165, 1.54) is 44.1 Å². The lowest BCUT2D eigenvalue weighted by molar-refractivity contribution is -0.0317. The Bertz CT molecular complexity index is 653. The minimum Gasteiger partial charge on any atom is -0.493 e. The van der Waals surface area contributed by atoms with Crippen molar-refractivity contribution in [3.63, 3.8) is 0 Å². The summed E-state index contributed by atoms with van der Waals surface area (Å²) in [6.07, 6.45) is 8.25. The van der Waals surface area contributed by atoms with Crippen molar-refractivity contribution >= 4 is 9.24 Å². The van der Waals surface area contributed by atoms with E-state index >= 15 is 0 Å². The third kappa shape index (κ3) is 1.42. The second kappa shape index (κ2) is 4.20. The van der Waals surface area contributed by atoms with E-state index in [2.05, 4.69) is 28.3 Å². The van der Waals surface area contributed by atoms with Crippen molar-refractivity contribution in [2.24, 2.45) is 11.8 Å². The number of rotatable bonds is 1. The smallest absolute Gasteiger partial charge is 0.165 e. The zero-order chi connectivity index (χ0) is 15.1. The zero-order valence-electron chi connectivity index (χ0n) is 13.5. The standard InChI is InChI=1S/C19H25O2P/c1-18(22)9-7-13-11-4-3-8-19(13)15-12(10-11)5-6-14(20-2)16(15)21-17(18)19/h5-6,11,13,17H,3-4,7-10,22H2,1-2H3/t11-,13?,17+,18?,19+/m0/s1. The topological polar surface area (TPSA) is 18.5 Å². The maximum atomic E-state index is 6.67. The molecule has 22 heavy (non-hydrogen) atoms. The van der Waals surface area contributed by atoms with E-state index in [1.807, 2.05) is 0 Å². The van der Waals surface area contributed by atoms with Crippen LogP contribution in [0.3, 0.4) is 0 Å². The molecule has 5 rings (SSSR count). The first-order valence-electron chi connectivity index (χ1n) is 8.74. The second-order valence-corrected chi connectivity index (χ2v) is 9.50. The maximum absolute atomic E-state index is 6.67. The lowest BCUT2D eigenvalue weighted by atomic mass is 9.47. The van der Waals surface area contributed by atoms with Crippen molar-refractivity contribution in [2.45, 2.75) is 62.1 Å². The Labute approximate surface area is 135 Å². The molecular formula is C19H25O2P. The molecule has 2 fully saturated rings. The van der Waals surface area contributed by atoms with Crippen LogP contribution in [0.15, 0.2) is 12.1 Å². The molecule has 0 N–H and O–H groups in total. The highest BCUT2D eigenvalue weighted by atomic mass is 31.0. The molecule has 0 radical (unpaired) electrons. The number of hydrogen-bond acceptors (Lipinski definition) is 2. The van der Waals surface area contributed by atoms with Gasteiger partial charge in [-0.25, -0.2) is 0 Å².